The molecule has 0 spiro atoms. The molecule has 10 nitrogen and oxygen atoms in total. The van der Waals surface area contributed by atoms with E-state index in [0.717, 1.165) is 6.08 Å². The van der Waals surface area contributed by atoms with E-state index in [-0.39, 0.29) is 22.9 Å². The van der Waals surface area contributed by atoms with E-state index in [1.807, 2.05) is 6.07 Å². The van der Waals surface area contributed by atoms with Crippen molar-refractivity contribution in [3.63, 3.8) is 0 Å². The highest BCUT2D eigenvalue weighted by Gasteiger charge is 2.11. The first kappa shape index (κ1) is 28.6. The van der Waals surface area contributed by atoms with Crippen LogP contribution in [0.5, 0.6) is 5.75 Å². The maximum atomic E-state index is 12.7. The third kappa shape index (κ3) is 8.28. The zero-order chi connectivity index (χ0) is 29.2. The number of anilines is 1. The van der Waals surface area contributed by atoms with Gasteiger partial charge in [-0.15, -0.1) is 0 Å². The van der Waals surface area contributed by atoms with Gasteiger partial charge in [-0.25, -0.2) is 10.2 Å². The van der Waals surface area contributed by atoms with Gasteiger partial charge in [0.05, 0.1) is 11.1 Å². The van der Waals surface area contributed by atoms with Crippen LogP contribution in [0.15, 0.2) is 113 Å². The zero-order valence-electron chi connectivity index (χ0n) is 21.2. The van der Waals surface area contributed by atoms with Crippen LogP contribution in [0.1, 0.15) is 31.8 Å². The normalized spacial score (nSPS) is 10.9. The van der Waals surface area contributed by atoms with E-state index in [9.17, 15) is 24.5 Å². The van der Waals surface area contributed by atoms with Gasteiger partial charge in [0.15, 0.2) is 0 Å². The predicted octanol–water partition coefficient (Wildman–Crippen LogP) is 5.99. The summed E-state index contributed by atoms with van der Waals surface area (Å²) in [6.45, 7) is 0. The molecular formula is C30H21BrN4O6. The Morgan fingerprint density at radius 1 is 0.854 bits per heavy atom. The molecule has 0 bridgehead atoms. The number of hydrogen-bond acceptors (Lipinski definition) is 7. The number of carbonyl (C=O) groups excluding carboxylic acids is 3. The third-order valence-corrected chi connectivity index (χ3v) is 5.96. The summed E-state index contributed by atoms with van der Waals surface area (Å²) >= 11 is 3.35. The van der Waals surface area contributed by atoms with Gasteiger partial charge in [0, 0.05) is 45.1 Å². The second-order valence-corrected chi connectivity index (χ2v) is 9.30. The Balaban J connectivity index is 1.40. The molecule has 0 unspecified atom stereocenters. The fourth-order valence-electron chi connectivity index (χ4n) is 3.52. The number of nitrogens with one attached hydrogen (secondary N) is 2. The average Bonchev–Trinajstić information content (AvgIpc) is 2.98. The molecule has 4 aromatic carbocycles. The summed E-state index contributed by atoms with van der Waals surface area (Å²) in [5.74, 6) is -1.37. The van der Waals surface area contributed by atoms with E-state index in [0.29, 0.717) is 26.9 Å². The summed E-state index contributed by atoms with van der Waals surface area (Å²) in [5, 5.41) is 17.7. The molecule has 4 rings (SSSR count). The van der Waals surface area contributed by atoms with Crippen molar-refractivity contribution >= 4 is 57.4 Å². The summed E-state index contributed by atoms with van der Waals surface area (Å²) in [6, 6.07) is 25.7. The molecule has 0 saturated carbocycles. The predicted molar refractivity (Wildman–Crippen MR) is 158 cm³/mol. The van der Waals surface area contributed by atoms with Crippen molar-refractivity contribution in [3.05, 3.63) is 140 Å². The number of nitro groups is 1. The second-order valence-electron chi connectivity index (χ2n) is 8.39. The van der Waals surface area contributed by atoms with Crippen LogP contribution < -0.4 is 15.5 Å². The van der Waals surface area contributed by atoms with Gasteiger partial charge >= 0.3 is 5.97 Å². The maximum Gasteiger partial charge on any atom is 0.336 e. The van der Waals surface area contributed by atoms with Crippen molar-refractivity contribution in [3.8, 4) is 5.75 Å². The molecule has 0 heterocycles. The first-order chi connectivity index (χ1) is 19.8. The van der Waals surface area contributed by atoms with Crippen molar-refractivity contribution in [2.75, 3.05) is 5.32 Å². The number of halogens is 1. The largest absolute Gasteiger partial charge is 0.423 e. The SMILES string of the molecule is O=C(/C=C/c1cccc([N+](=O)[O-])c1)Oc1ccc(Br)cc1C=NNC(=O)c1cccc(NC(=O)c2ccccc2)c1. The zero-order valence-corrected chi connectivity index (χ0v) is 22.8. The number of carbonyl (C=O) groups is 3. The van der Waals surface area contributed by atoms with Gasteiger partial charge < -0.3 is 10.1 Å². The Morgan fingerprint density at radius 3 is 2.39 bits per heavy atom. The molecule has 0 atom stereocenters. The number of hydrazone groups is 1. The van der Waals surface area contributed by atoms with Crippen LogP contribution in [0, 0.1) is 10.1 Å². The van der Waals surface area contributed by atoms with Crippen LogP contribution in [0.4, 0.5) is 11.4 Å². The van der Waals surface area contributed by atoms with Crippen molar-refractivity contribution in [1.29, 1.82) is 0 Å². The minimum Gasteiger partial charge on any atom is -0.423 e. The molecule has 41 heavy (non-hydrogen) atoms. The van der Waals surface area contributed by atoms with E-state index in [2.05, 4.69) is 31.8 Å². The lowest BCUT2D eigenvalue weighted by Gasteiger charge is -2.08. The molecule has 2 N–H and O–H groups in total. The highest BCUT2D eigenvalue weighted by molar-refractivity contribution is 9.10. The van der Waals surface area contributed by atoms with Gasteiger partial charge in [0.1, 0.15) is 5.75 Å². The van der Waals surface area contributed by atoms with E-state index in [1.54, 1.807) is 66.7 Å². The Bertz CT molecular complexity index is 1670. The van der Waals surface area contributed by atoms with Crippen LogP contribution in [-0.4, -0.2) is 28.9 Å². The Kier molecular flexibility index (Phi) is 9.47. The molecule has 0 saturated heterocycles. The number of benzene rings is 4. The lowest BCUT2D eigenvalue weighted by atomic mass is 10.1. The minimum atomic E-state index is -0.716. The van der Waals surface area contributed by atoms with Crippen LogP contribution in [0.2, 0.25) is 0 Å². The van der Waals surface area contributed by atoms with Crippen LogP contribution >= 0.6 is 15.9 Å². The summed E-state index contributed by atoms with van der Waals surface area (Å²) in [5.41, 5.74) is 4.35. The Labute approximate surface area is 242 Å². The molecule has 4 aromatic rings. The van der Waals surface area contributed by atoms with Crippen LogP contribution in [0.3, 0.4) is 0 Å². The smallest absolute Gasteiger partial charge is 0.336 e. The van der Waals surface area contributed by atoms with E-state index in [4.69, 9.17) is 4.74 Å². The molecule has 0 aromatic heterocycles. The molecule has 0 radical (unpaired) electrons. The van der Waals surface area contributed by atoms with Gasteiger partial charge in [-0.3, -0.25) is 19.7 Å². The quantitative estimate of drug-likeness (QED) is 0.0594. The van der Waals surface area contributed by atoms with Crippen molar-refractivity contribution in [1.82, 2.24) is 5.43 Å². The van der Waals surface area contributed by atoms with Gasteiger partial charge in [0.2, 0.25) is 0 Å². The topological polar surface area (TPSA) is 140 Å². The van der Waals surface area contributed by atoms with Gasteiger partial charge in [-0.1, -0.05) is 52.3 Å². The monoisotopic (exact) mass is 612 g/mol. The van der Waals surface area contributed by atoms with E-state index in [1.165, 1.54) is 36.6 Å². The molecule has 0 fully saturated rings. The van der Waals surface area contributed by atoms with Gasteiger partial charge in [-0.05, 0) is 60.2 Å². The highest BCUT2D eigenvalue weighted by Crippen LogP contribution is 2.22. The molecule has 204 valence electrons. The average molecular weight is 613 g/mol. The molecule has 11 heteroatoms. The van der Waals surface area contributed by atoms with Crippen molar-refractivity contribution < 1.29 is 24.0 Å². The third-order valence-electron chi connectivity index (χ3n) is 5.46. The van der Waals surface area contributed by atoms with Crippen LogP contribution in [-0.2, 0) is 4.79 Å². The summed E-state index contributed by atoms with van der Waals surface area (Å²) in [6.07, 6.45) is 3.86. The fraction of sp³-hybridized carbons (Fsp3) is 0. The minimum absolute atomic E-state index is 0.0994. The van der Waals surface area contributed by atoms with Crippen LogP contribution in [0.25, 0.3) is 6.08 Å². The molecule has 0 aliphatic carbocycles. The van der Waals surface area contributed by atoms with Crippen molar-refractivity contribution in [2.24, 2.45) is 5.10 Å². The molecule has 2 amide bonds. The maximum absolute atomic E-state index is 12.7. The Morgan fingerprint density at radius 2 is 1.61 bits per heavy atom. The number of ether oxygens (including phenoxy) is 1. The first-order valence-corrected chi connectivity index (χ1v) is 12.8. The number of non-ortho nitro benzene ring substituents is 1. The van der Waals surface area contributed by atoms with Gasteiger partial charge in [0.25, 0.3) is 17.5 Å². The lowest BCUT2D eigenvalue weighted by Crippen LogP contribution is -2.18. The number of nitro benzene ring substituents is 1. The standard InChI is InChI=1S/C30H21BrN4O6/c31-24-13-14-27(41-28(36)15-12-20-6-4-11-26(16-20)35(39)40)23(17-24)19-32-34-30(38)22-9-5-10-25(18-22)33-29(37)21-7-2-1-3-8-21/h1-19H,(H,33,37)(H,34,38)/b15-12+,32-19?. The number of amides is 2. The van der Waals surface area contributed by atoms with Gasteiger partial charge in [-0.2, -0.15) is 5.10 Å². The number of esters is 1. The first-order valence-electron chi connectivity index (χ1n) is 12.0. The number of rotatable bonds is 9. The lowest BCUT2D eigenvalue weighted by molar-refractivity contribution is -0.384. The summed E-state index contributed by atoms with van der Waals surface area (Å²) in [7, 11) is 0. The molecule has 0 aliphatic rings. The van der Waals surface area contributed by atoms with Crippen molar-refractivity contribution in [2.45, 2.75) is 0 Å². The number of nitrogens with zero attached hydrogens (tertiary/aromatic N) is 2. The van der Waals surface area contributed by atoms with E-state index >= 15 is 0 Å². The summed E-state index contributed by atoms with van der Waals surface area (Å²) < 4.78 is 6.09. The summed E-state index contributed by atoms with van der Waals surface area (Å²) in [4.78, 5) is 47.9. The molecule has 0 aliphatic heterocycles. The fourth-order valence-corrected chi connectivity index (χ4v) is 3.90. The second kappa shape index (κ2) is 13.6. The highest BCUT2D eigenvalue weighted by atomic mass is 79.9. The molecular weight excluding hydrogens is 592 g/mol. The Hall–Kier alpha value is -5.42. The van der Waals surface area contributed by atoms with E-state index < -0.39 is 16.8 Å². The number of hydrogen-bond donors (Lipinski definition) is 2.